The minimum absolute atomic E-state index is 0.101. The highest BCUT2D eigenvalue weighted by molar-refractivity contribution is 7.99. The molecule has 0 amide bonds. The third-order valence-electron chi connectivity index (χ3n) is 2.71. The molecule has 0 saturated carbocycles. The van der Waals surface area contributed by atoms with E-state index in [1.54, 1.807) is 6.07 Å². The normalized spacial score (nSPS) is 13.2. The van der Waals surface area contributed by atoms with Crippen molar-refractivity contribution in [2.24, 2.45) is 0 Å². The second kappa shape index (κ2) is 6.03. The van der Waals surface area contributed by atoms with Gasteiger partial charge in [0.05, 0.1) is 11.7 Å². The summed E-state index contributed by atoms with van der Waals surface area (Å²) in [4.78, 5) is 4.12. The minimum Gasteiger partial charge on any atom is -0.389 e. The Morgan fingerprint density at radius 2 is 1.90 bits per heavy atom. The van der Waals surface area contributed by atoms with Gasteiger partial charge < -0.3 is 5.11 Å². The topological polar surface area (TPSA) is 33.1 Å². The number of aliphatic hydroxyl groups excluding tert-OH is 1. The molecule has 2 rings (SSSR count). The summed E-state index contributed by atoms with van der Waals surface area (Å²) >= 11 is 0.998. The van der Waals surface area contributed by atoms with Crippen LogP contribution in [-0.2, 0) is 6.18 Å². The summed E-state index contributed by atoms with van der Waals surface area (Å²) in [6.45, 7) is 1.42. The van der Waals surface area contributed by atoms with Gasteiger partial charge in [0.15, 0.2) is 0 Å². The average Bonchev–Trinajstić information content (AvgIpc) is 2.38. The van der Waals surface area contributed by atoms with E-state index in [0.717, 1.165) is 24.0 Å². The van der Waals surface area contributed by atoms with Crippen molar-refractivity contribution in [3.8, 4) is 0 Å². The van der Waals surface area contributed by atoms with Crippen LogP contribution >= 0.6 is 11.8 Å². The maximum Gasteiger partial charge on any atom is 0.417 e. The van der Waals surface area contributed by atoms with Gasteiger partial charge in [0.1, 0.15) is 10.8 Å². The molecule has 0 aliphatic carbocycles. The molecule has 0 fully saturated rings. The lowest BCUT2D eigenvalue weighted by Crippen LogP contribution is -2.05. The van der Waals surface area contributed by atoms with E-state index in [2.05, 4.69) is 4.98 Å². The quantitative estimate of drug-likeness (QED) is 0.849. The fraction of sp³-hybridized carbons (Fsp3) is 0.214. The van der Waals surface area contributed by atoms with Crippen LogP contribution in [0.4, 0.5) is 17.6 Å². The van der Waals surface area contributed by atoms with Crippen LogP contribution in [-0.4, -0.2) is 10.1 Å². The zero-order chi connectivity index (χ0) is 15.6. The largest absolute Gasteiger partial charge is 0.417 e. The molecule has 0 aliphatic rings. The van der Waals surface area contributed by atoms with Gasteiger partial charge >= 0.3 is 6.18 Å². The highest BCUT2D eigenvalue weighted by Crippen LogP contribution is 2.35. The van der Waals surface area contributed by atoms with Crippen molar-refractivity contribution in [3.05, 3.63) is 53.5 Å². The molecule has 1 atom stereocenters. The first-order valence-electron chi connectivity index (χ1n) is 5.96. The van der Waals surface area contributed by atoms with Crippen molar-refractivity contribution >= 4 is 11.8 Å². The first-order chi connectivity index (χ1) is 9.79. The fourth-order valence-electron chi connectivity index (χ4n) is 1.73. The van der Waals surface area contributed by atoms with Crippen molar-refractivity contribution in [1.29, 1.82) is 0 Å². The number of hydrogen-bond acceptors (Lipinski definition) is 3. The van der Waals surface area contributed by atoms with E-state index in [9.17, 15) is 22.7 Å². The maximum absolute atomic E-state index is 13.7. The lowest BCUT2D eigenvalue weighted by atomic mass is 10.1. The van der Waals surface area contributed by atoms with Crippen molar-refractivity contribution in [3.63, 3.8) is 0 Å². The van der Waals surface area contributed by atoms with Crippen LogP contribution in [0.2, 0.25) is 0 Å². The van der Waals surface area contributed by atoms with Gasteiger partial charge in [-0.2, -0.15) is 13.2 Å². The van der Waals surface area contributed by atoms with Crippen LogP contribution in [0.5, 0.6) is 0 Å². The van der Waals surface area contributed by atoms with E-state index in [0.29, 0.717) is 4.90 Å². The highest BCUT2D eigenvalue weighted by atomic mass is 32.2. The van der Waals surface area contributed by atoms with Gasteiger partial charge in [0, 0.05) is 16.7 Å². The summed E-state index contributed by atoms with van der Waals surface area (Å²) in [6.07, 6.45) is -4.74. The minimum atomic E-state index is -4.44. The molecule has 112 valence electrons. The Kier molecular flexibility index (Phi) is 4.53. The number of hydrogen-bond donors (Lipinski definition) is 1. The predicted octanol–water partition coefficient (Wildman–Crippen LogP) is 4.44. The number of alkyl halides is 3. The lowest BCUT2D eigenvalue weighted by molar-refractivity contribution is -0.137. The first kappa shape index (κ1) is 15.8. The number of nitrogens with zero attached hydrogens (tertiary/aromatic N) is 1. The van der Waals surface area contributed by atoms with Gasteiger partial charge in [-0.1, -0.05) is 17.8 Å². The van der Waals surface area contributed by atoms with E-state index in [4.69, 9.17) is 0 Å². The van der Waals surface area contributed by atoms with Crippen LogP contribution in [0, 0.1) is 5.82 Å². The van der Waals surface area contributed by atoms with Gasteiger partial charge in [0.25, 0.3) is 0 Å². The molecule has 2 nitrogen and oxygen atoms in total. The second-order valence-electron chi connectivity index (χ2n) is 4.31. The summed E-state index contributed by atoms with van der Waals surface area (Å²) in [5.74, 6) is -0.568. The van der Waals surface area contributed by atoms with Crippen LogP contribution in [0.25, 0.3) is 0 Å². The third kappa shape index (κ3) is 3.74. The molecule has 0 spiro atoms. The summed E-state index contributed by atoms with van der Waals surface area (Å²) in [6, 6.07) is 6.38. The summed E-state index contributed by atoms with van der Waals surface area (Å²) in [7, 11) is 0. The smallest absolute Gasteiger partial charge is 0.389 e. The van der Waals surface area contributed by atoms with Crippen LogP contribution in [0.3, 0.4) is 0 Å². The molecule has 0 unspecified atom stereocenters. The SMILES string of the molecule is C[C@H](O)c1c(F)cccc1Sc1ccc(C(F)(F)F)cn1. The summed E-state index contributed by atoms with van der Waals surface area (Å²) in [5.41, 5.74) is -0.744. The van der Waals surface area contributed by atoms with E-state index in [1.807, 2.05) is 0 Å². The number of halogens is 4. The maximum atomic E-state index is 13.7. The lowest BCUT2D eigenvalue weighted by Gasteiger charge is -2.12. The van der Waals surface area contributed by atoms with E-state index < -0.39 is 23.7 Å². The molecule has 0 radical (unpaired) electrons. The van der Waals surface area contributed by atoms with Gasteiger partial charge in [-0.15, -0.1) is 0 Å². The van der Waals surface area contributed by atoms with E-state index in [1.165, 1.54) is 25.1 Å². The van der Waals surface area contributed by atoms with E-state index >= 15 is 0 Å². The van der Waals surface area contributed by atoms with Crippen molar-refractivity contribution in [2.45, 2.75) is 29.1 Å². The molecule has 0 saturated heterocycles. The van der Waals surface area contributed by atoms with Gasteiger partial charge in [0.2, 0.25) is 0 Å². The Morgan fingerprint density at radius 3 is 2.43 bits per heavy atom. The summed E-state index contributed by atoms with van der Waals surface area (Å²) in [5, 5.41) is 9.88. The molecule has 21 heavy (non-hydrogen) atoms. The first-order valence-corrected chi connectivity index (χ1v) is 6.78. The van der Waals surface area contributed by atoms with Crippen LogP contribution in [0.1, 0.15) is 24.2 Å². The fourth-order valence-corrected chi connectivity index (χ4v) is 2.72. The second-order valence-corrected chi connectivity index (χ2v) is 5.37. The number of benzene rings is 1. The average molecular weight is 317 g/mol. The predicted molar refractivity (Wildman–Crippen MR) is 70.4 cm³/mol. The molecule has 1 aromatic heterocycles. The van der Waals surface area contributed by atoms with Gasteiger partial charge in [-0.05, 0) is 31.2 Å². The molecular weight excluding hydrogens is 306 g/mol. The van der Waals surface area contributed by atoms with Gasteiger partial charge in [-0.25, -0.2) is 9.37 Å². The Morgan fingerprint density at radius 1 is 1.19 bits per heavy atom. The number of aromatic nitrogens is 1. The Hall–Kier alpha value is -1.60. The van der Waals surface area contributed by atoms with Crippen molar-refractivity contribution in [2.75, 3.05) is 0 Å². The van der Waals surface area contributed by atoms with Gasteiger partial charge in [-0.3, -0.25) is 0 Å². The third-order valence-corrected chi connectivity index (χ3v) is 3.74. The molecule has 2 aromatic rings. The van der Waals surface area contributed by atoms with Crippen molar-refractivity contribution in [1.82, 2.24) is 4.98 Å². The standard InChI is InChI=1S/C14H11F4NOS/c1-8(20)13-10(15)3-2-4-11(13)21-12-6-5-9(7-19-12)14(16,17)18/h2-8,20H,1H3/t8-/m0/s1. The highest BCUT2D eigenvalue weighted by Gasteiger charge is 2.30. The van der Waals surface area contributed by atoms with E-state index in [-0.39, 0.29) is 10.6 Å². The molecule has 1 aromatic carbocycles. The molecule has 7 heteroatoms. The Balaban J connectivity index is 2.29. The zero-order valence-electron chi connectivity index (χ0n) is 10.9. The van der Waals surface area contributed by atoms with Crippen LogP contribution in [0.15, 0.2) is 46.5 Å². The molecule has 1 N–H and O–H groups in total. The molecular formula is C14H11F4NOS. The number of aliphatic hydroxyl groups is 1. The molecule has 0 bridgehead atoms. The zero-order valence-corrected chi connectivity index (χ0v) is 11.7. The monoisotopic (exact) mass is 317 g/mol. The molecule has 0 aliphatic heterocycles. The summed E-state index contributed by atoms with van der Waals surface area (Å²) < 4.78 is 51.0. The Bertz CT molecular complexity index is 626. The van der Waals surface area contributed by atoms with Crippen LogP contribution < -0.4 is 0 Å². The number of pyridine rings is 1. The Labute approximate surface area is 122 Å². The number of rotatable bonds is 3. The van der Waals surface area contributed by atoms with Crippen molar-refractivity contribution < 1.29 is 22.7 Å². The molecule has 1 heterocycles.